The summed E-state index contributed by atoms with van der Waals surface area (Å²) in [5.41, 5.74) is 0. The van der Waals surface area contributed by atoms with E-state index in [2.05, 4.69) is 104 Å². The molecule has 3 N–H and O–H groups in total. The average molecular weight is 1010 g/mol. The van der Waals surface area contributed by atoms with Crippen LogP contribution in [0, 0.1) is 0 Å². The normalized spacial score (nSPS) is 14.5. The second-order valence-electron chi connectivity index (χ2n) is 21.0. The summed E-state index contributed by atoms with van der Waals surface area (Å²) in [5.74, 6) is -0.152. The first kappa shape index (κ1) is 68.7. The number of carbonyl (C=O) groups excluding carboxylic acids is 1. The molecule has 0 aliphatic rings. The third-order valence-electron chi connectivity index (χ3n) is 12.9. The van der Waals surface area contributed by atoms with Gasteiger partial charge in [-0.15, -0.1) is 0 Å². The molecule has 3 atom stereocenters. The molecular formula is C62H114N2O6P+. The summed E-state index contributed by atoms with van der Waals surface area (Å²) in [6, 6.07) is -0.770. The highest BCUT2D eigenvalue weighted by molar-refractivity contribution is 7.47. The largest absolute Gasteiger partial charge is 0.472 e. The van der Waals surface area contributed by atoms with E-state index in [9.17, 15) is 19.4 Å². The number of hydrogen-bond acceptors (Lipinski definition) is 5. The van der Waals surface area contributed by atoms with Gasteiger partial charge in [-0.05, 0) is 70.6 Å². The summed E-state index contributed by atoms with van der Waals surface area (Å²) in [5, 5.41) is 14.1. The maximum Gasteiger partial charge on any atom is 0.472 e. The lowest BCUT2D eigenvalue weighted by atomic mass is 10.0. The van der Waals surface area contributed by atoms with Crippen molar-refractivity contribution in [3.05, 3.63) is 85.1 Å². The highest BCUT2D eigenvalue weighted by Gasteiger charge is 2.28. The number of quaternary nitrogens is 1. The van der Waals surface area contributed by atoms with Gasteiger partial charge in [-0.1, -0.05) is 259 Å². The number of allylic oxidation sites excluding steroid dienone is 14. The molecule has 0 aromatic heterocycles. The third-order valence-corrected chi connectivity index (χ3v) is 13.9. The van der Waals surface area contributed by atoms with E-state index >= 15 is 0 Å². The van der Waals surface area contributed by atoms with Crippen molar-refractivity contribution >= 4 is 13.7 Å². The van der Waals surface area contributed by atoms with Gasteiger partial charge in [-0.3, -0.25) is 13.8 Å². The van der Waals surface area contributed by atoms with Crippen LogP contribution in [0.2, 0.25) is 0 Å². The Bertz CT molecular complexity index is 1430. The summed E-state index contributed by atoms with van der Waals surface area (Å²) >= 11 is 0. The van der Waals surface area contributed by atoms with Gasteiger partial charge in [0, 0.05) is 6.42 Å². The van der Waals surface area contributed by atoms with Crippen molar-refractivity contribution in [2.24, 2.45) is 0 Å². The van der Waals surface area contributed by atoms with E-state index in [1.165, 1.54) is 135 Å². The number of phosphoric ester groups is 1. The Labute approximate surface area is 439 Å². The fourth-order valence-corrected chi connectivity index (χ4v) is 9.06. The lowest BCUT2D eigenvalue weighted by Crippen LogP contribution is -2.46. The molecular weight excluding hydrogens is 900 g/mol. The van der Waals surface area contributed by atoms with Gasteiger partial charge in [-0.25, -0.2) is 4.57 Å². The minimum atomic E-state index is -4.33. The van der Waals surface area contributed by atoms with Gasteiger partial charge in [0.1, 0.15) is 13.2 Å². The second kappa shape index (κ2) is 52.5. The molecule has 0 bridgehead atoms. The molecule has 0 aromatic rings. The van der Waals surface area contributed by atoms with Crippen molar-refractivity contribution in [3.63, 3.8) is 0 Å². The zero-order valence-electron chi connectivity index (χ0n) is 46.9. The van der Waals surface area contributed by atoms with Gasteiger partial charge in [0.25, 0.3) is 0 Å². The van der Waals surface area contributed by atoms with Crippen LogP contribution in [0.4, 0.5) is 0 Å². The van der Waals surface area contributed by atoms with Crippen molar-refractivity contribution in [1.29, 1.82) is 0 Å². The molecule has 0 fully saturated rings. The smallest absolute Gasteiger partial charge is 0.391 e. The molecule has 0 aromatic carbocycles. The number of nitrogens with zero attached hydrogens (tertiary/aromatic N) is 1. The Hall–Kier alpha value is -2.32. The standard InChI is InChI=1S/C62H113N2O6P/c1-6-8-10-12-14-16-18-20-22-24-26-27-28-29-30-31-32-33-34-35-36-37-38-40-42-44-46-48-50-52-54-56-62(66)63-60(59-70-71(67,68)69-58-57-64(3,4)5)61(65)55-53-51-49-47-45-43-41-39-25-23-21-19-17-15-13-11-9-7-2/h8,10,14,16,20,22,26-27,29-30,32-33,35-36,60-61,65H,6-7,9,11-13,15,17-19,21,23-25,28,31,34,37-59H2,1-5H3,(H-,63,66,67,68)/p+1/b10-8-,16-14-,22-20-,27-26-,30-29-,33-32-,36-35-. The molecule has 3 unspecified atom stereocenters. The summed E-state index contributed by atoms with van der Waals surface area (Å²) in [6.07, 6.45) is 73.5. The van der Waals surface area contributed by atoms with Crippen LogP contribution in [0.1, 0.15) is 251 Å². The quantitative estimate of drug-likeness (QED) is 0.0243. The number of aliphatic hydroxyl groups is 1. The monoisotopic (exact) mass is 1010 g/mol. The molecule has 0 aliphatic carbocycles. The van der Waals surface area contributed by atoms with E-state index in [-0.39, 0.29) is 19.1 Å². The first-order valence-corrected chi connectivity index (χ1v) is 30.9. The lowest BCUT2D eigenvalue weighted by molar-refractivity contribution is -0.870. The number of hydrogen-bond donors (Lipinski definition) is 3. The number of unbranched alkanes of at least 4 members (excludes halogenated alkanes) is 26. The number of amides is 1. The zero-order chi connectivity index (χ0) is 52.0. The molecule has 0 radical (unpaired) electrons. The lowest BCUT2D eigenvalue weighted by Gasteiger charge is -2.26. The van der Waals surface area contributed by atoms with Crippen LogP contribution in [0.15, 0.2) is 85.1 Å². The molecule has 0 rings (SSSR count). The predicted molar refractivity (Wildman–Crippen MR) is 309 cm³/mol. The van der Waals surface area contributed by atoms with E-state index in [1.54, 1.807) is 0 Å². The molecule has 0 aliphatic heterocycles. The highest BCUT2D eigenvalue weighted by Crippen LogP contribution is 2.43. The molecule has 0 saturated heterocycles. The van der Waals surface area contributed by atoms with Crippen LogP contribution in [-0.2, 0) is 18.4 Å². The number of carbonyl (C=O) groups is 1. The van der Waals surface area contributed by atoms with Gasteiger partial charge < -0.3 is 19.8 Å². The third kappa shape index (κ3) is 55.3. The Morgan fingerprint density at radius 3 is 1.24 bits per heavy atom. The predicted octanol–water partition coefficient (Wildman–Crippen LogP) is 18.0. The fourth-order valence-electron chi connectivity index (χ4n) is 8.32. The zero-order valence-corrected chi connectivity index (χ0v) is 47.8. The van der Waals surface area contributed by atoms with Crippen LogP contribution >= 0.6 is 7.82 Å². The Morgan fingerprint density at radius 1 is 0.493 bits per heavy atom. The van der Waals surface area contributed by atoms with E-state index in [0.717, 1.165) is 89.9 Å². The highest BCUT2D eigenvalue weighted by atomic mass is 31.2. The van der Waals surface area contributed by atoms with Crippen molar-refractivity contribution in [1.82, 2.24) is 5.32 Å². The topological polar surface area (TPSA) is 105 Å². The SMILES string of the molecule is CC/C=C\C/C=C\C/C=C\C/C=C\C/C=C\C/C=C\C/C=C\CCCCCCCCCCCC(=O)NC(COP(=O)(O)OCC[N+](C)(C)C)C(O)CCCCCCCCCCCCCCCCCCCC. The van der Waals surface area contributed by atoms with Crippen molar-refractivity contribution < 1.29 is 32.9 Å². The number of aliphatic hydroxyl groups excluding tert-OH is 1. The van der Waals surface area contributed by atoms with Crippen LogP contribution in [0.5, 0.6) is 0 Å². The van der Waals surface area contributed by atoms with Gasteiger partial charge in [0.15, 0.2) is 0 Å². The first-order chi connectivity index (χ1) is 34.5. The van der Waals surface area contributed by atoms with E-state index in [1.807, 2.05) is 21.1 Å². The van der Waals surface area contributed by atoms with E-state index in [4.69, 9.17) is 9.05 Å². The second-order valence-corrected chi connectivity index (χ2v) is 22.4. The number of likely N-dealkylation sites (N-methyl/N-ethyl adjacent to an activating group) is 1. The Balaban J connectivity index is 4.17. The summed E-state index contributed by atoms with van der Waals surface area (Å²) in [7, 11) is 1.61. The molecule has 1 amide bonds. The number of nitrogens with one attached hydrogen (secondary N) is 1. The minimum Gasteiger partial charge on any atom is -0.391 e. The Morgan fingerprint density at radius 2 is 0.845 bits per heavy atom. The number of phosphoric acid groups is 1. The average Bonchev–Trinajstić information content (AvgIpc) is 3.33. The minimum absolute atomic E-state index is 0.0700. The maximum absolute atomic E-state index is 13.0. The summed E-state index contributed by atoms with van der Waals surface area (Å²) in [4.78, 5) is 23.4. The summed E-state index contributed by atoms with van der Waals surface area (Å²) in [6.45, 7) is 4.78. The van der Waals surface area contributed by atoms with Gasteiger partial charge in [0.2, 0.25) is 5.91 Å². The molecule has 412 valence electrons. The number of rotatable bonds is 53. The van der Waals surface area contributed by atoms with Crippen LogP contribution in [0.25, 0.3) is 0 Å². The van der Waals surface area contributed by atoms with Crippen LogP contribution in [-0.4, -0.2) is 73.4 Å². The van der Waals surface area contributed by atoms with E-state index in [0.29, 0.717) is 23.9 Å². The van der Waals surface area contributed by atoms with Gasteiger partial charge in [0.05, 0.1) is 39.9 Å². The molecule has 0 heterocycles. The molecule has 9 heteroatoms. The fraction of sp³-hybridized carbons (Fsp3) is 0.758. The van der Waals surface area contributed by atoms with Gasteiger partial charge in [-0.2, -0.15) is 0 Å². The molecule has 0 spiro atoms. The molecule has 0 saturated carbocycles. The summed E-state index contributed by atoms with van der Waals surface area (Å²) < 4.78 is 23.8. The van der Waals surface area contributed by atoms with E-state index < -0.39 is 20.0 Å². The maximum atomic E-state index is 13.0. The van der Waals surface area contributed by atoms with Crippen molar-refractivity contribution in [3.8, 4) is 0 Å². The molecule has 71 heavy (non-hydrogen) atoms. The van der Waals surface area contributed by atoms with Crippen molar-refractivity contribution in [2.75, 3.05) is 40.9 Å². The van der Waals surface area contributed by atoms with Gasteiger partial charge >= 0.3 is 7.82 Å². The molecule has 8 nitrogen and oxygen atoms in total. The van der Waals surface area contributed by atoms with Crippen molar-refractivity contribution in [2.45, 2.75) is 264 Å². The van der Waals surface area contributed by atoms with Crippen LogP contribution in [0.3, 0.4) is 0 Å². The first-order valence-electron chi connectivity index (χ1n) is 29.5. The van der Waals surface area contributed by atoms with Crippen LogP contribution < -0.4 is 5.32 Å². The Kier molecular flexibility index (Phi) is 50.8.